The van der Waals surface area contributed by atoms with Gasteiger partial charge in [0.2, 0.25) is 0 Å². The van der Waals surface area contributed by atoms with E-state index in [0.717, 1.165) is 11.8 Å². The number of aromatic nitrogens is 1. The molecule has 1 heterocycles. The number of carbonyl (C=O) groups is 1. The van der Waals surface area contributed by atoms with Crippen molar-refractivity contribution in [1.82, 2.24) is 4.98 Å². The van der Waals surface area contributed by atoms with E-state index < -0.39 is 11.7 Å². The highest BCUT2D eigenvalue weighted by atomic mass is 35.5. The third-order valence-electron chi connectivity index (χ3n) is 2.46. The van der Waals surface area contributed by atoms with Gasteiger partial charge in [0, 0.05) is 24.6 Å². The number of carbonyl (C=O) groups excluding carboxylic acids is 1. The van der Waals surface area contributed by atoms with Crippen molar-refractivity contribution in [2.45, 2.75) is 0 Å². The minimum atomic E-state index is -0.587. The fourth-order valence-corrected chi connectivity index (χ4v) is 1.60. The minimum Gasteiger partial charge on any atom is -0.388 e. The van der Waals surface area contributed by atoms with E-state index in [1.807, 2.05) is 0 Å². The van der Waals surface area contributed by atoms with Crippen molar-refractivity contribution < 1.29 is 9.18 Å². The standard InChI is InChI=1S/C13H11ClFN3O/c1-16-8-4-5-17-12(7-8)13(19)18-9-2-3-10(14)11(15)6-9/h2-7H,1H3,(H,16,17)(H,18,19). The van der Waals surface area contributed by atoms with Crippen molar-refractivity contribution >= 4 is 28.9 Å². The quantitative estimate of drug-likeness (QED) is 0.907. The van der Waals surface area contributed by atoms with Crippen LogP contribution in [-0.4, -0.2) is 17.9 Å². The number of anilines is 2. The fourth-order valence-electron chi connectivity index (χ4n) is 1.48. The van der Waals surface area contributed by atoms with Crippen molar-refractivity contribution in [3.63, 3.8) is 0 Å². The molecule has 0 radical (unpaired) electrons. The van der Waals surface area contributed by atoms with Crippen molar-refractivity contribution in [3.05, 3.63) is 53.1 Å². The Hall–Kier alpha value is -2.14. The topological polar surface area (TPSA) is 54.0 Å². The second kappa shape index (κ2) is 5.67. The Morgan fingerprint density at radius 3 is 2.74 bits per heavy atom. The Balaban J connectivity index is 2.18. The van der Waals surface area contributed by atoms with Gasteiger partial charge >= 0.3 is 0 Å². The molecule has 2 aromatic rings. The van der Waals surface area contributed by atoms with Gasteiger partial charge in [0.15, 0.2) is 0 Å². The van der Waals surface area contributed by atoms with E-state index in [9.17, 15) is 9.18 Å². The first-order chi connectivity index (χ1) is 9.10. The molecule has 0 aliphatic rings. The van der Waals surface area contributed by atoms with Crippen LogP contribution < -0.4 is 10.6 Å². The molecule has 0 unspecified atom stereocenters. The minimum absolute atomic E-state index is 0.00769. The summed E-state index contributed by atoms with van der Waals surface area (Å²) in [5.74, 6) is -1.00. The highest BCUT2D eigenvalue weighted by Gasteiger charge is 2.09. The lowest BCUT2D eigenvalue weighted by molar-refractivity contribution is 0.102. The van der Waals surface area contributed by atoms with Gasteiger partial charge < -0.3 is 10.6 Å². The first-order valence-electron chi connectivity index (χ1n) is 5.50. The highest BCUT2D eigenvalue weighted by Crippen LogP contribution is 2.19. The maximum absolute atomic E-state index is 13.2. The van der Waals surface area contributed by atoms with Gasteiger partial charge in [-0.05, 0) is 30.3 Å². The van der Waals surface area contributed by atoms with E-state index in [0.29, 0.717) is 5.69 Å². The molecule has 0 saturated carbocycles. The van der Waals surface area contributed by atoms with Crippen molar-refractivity contribution in [2.24, 2.45) is 0 Å². The Morgan fingerprint density at radius 2 is 2.05 bits per heavy atom. The Morgan fingerprint density at radius 1 is 1.26 bits per heavy atom. The normalized spacial score (nSPS) is 10.1. The van der Waals surface area contributed by atoms with Gasteiger partial charge in [-0.3, -0.25) is 9.78 Å². The van der Waals surface area contributed by atoms with Crippen LogP contribution in [0.25, 0.3) is 0 Å². The van der Waals surface area contributed by atoms with Crippen molar-refractivity contribution in [2.75, 3.05) is 17.7 Å². The summed E-state index contributed by atoms with van der Waals surface area (Å²) >= 11 is 5.57. The Bertz CT molecular complexity index is 619. The highest BCUT2D eigenvalue weighted by molar-refractivity contribution is 6.30. The maximum Gasteiger partial charge on any atom is 0.274 e. The van der Waals surface area contributed by atoms with Crippen molar-refractivity contribution in [1.29, 1.82) is 0 Å². The molecule has 2 rings (SSSR count). The van der Waals surface area contributed by atoms with Crippen LogP contribution in [0.3, 0.4) is 0 Å². The number of nitrogens with one attached hydrogen (secondary N) is 2. The summed E-state index contributed by atoms with van der Waals surface area (Å²) in [6.45, 7) is 0. The number of halogens is 2. The summed E-state index contributed by atoms with van der Waals surface area (Å²) < 4.78 is 13.2. The van der Waals surface area contributed by atoms with Crippen molar-refractivity contribution in [3.8, 4) is 0 Å². The zero-order valence-electron chi connectivity index (χ0n) is 10.1. The molecule has 0 saturated heterocycles. The Labute approximate surface area is 114 Å². The summed E-state index contributed by atoms with van der Waals surface area (Å²) in [6, 6.07) is 7.39. The maximum atomic E-state index is 13.2. The van der Waals surface area contributed by atoms with Crippen LogP contribution >= 0.6 is 11.6 Å². The molecule has 4 nitrogen and oxygen atoms in total. The molecule has 1 amide bonds. The predicted octanol–water partition coefficient (Wildman–Crippen LogP) is 3.17. The Kier molecular flexibility index (Phi) is 3.97. The number of pyridine rings is 1. The zero-order chi connectivity index (χ0) is 13.8. The average molecular weight is 280 g/mol. The summed E-state index contributed by atoms with van der Waals surface area (Å²) in [5, 5.41) is 5.46. The molecule has 19 heavy (non-hydrogen) atoms. The number of hydrogen-bond donors (Lipinski definition) is 2. The molecule has 98 valence electrons. The average Bonchev–Trinajstić information content (AvgIpc) is 2.43. The molecular formula is C13H11ClFN3O. The molecule has 0 fully saturated rings. The van der Waals surface area contributed by atoms with Crippen LogP contribution in [-0.2, 0) is 0 Å². The lowest BCUT2D eigenvalue weighted by Gasteiger charge is -2.06. The van der Waals surface area contributed by atoms with Crippen LogP contribution in [0, 0.1) is 5.82 Å². The van der Waals surface area contributed by atoms with E-state index >= 15 is 0 Å². The molecule has 0 aliphatic carbocycles. The largest absolute Gasteiger partial charge is 0.388 e. The summed E-state index contributed by atoms with van der Waals surface area (Å²) in [4.78, 5) is 15.9. The molecule has 1 aromatic carbocycles. The molecule has 2 N–H and O–H groups in total. The monoisotopic (exact) mass is 279 g/mol. The van der Waals surface area contributed by atoms with E-state index in [-0.39, 0.29) is 10.7 Å². The number of rotatable bonds is 3. The van der Waals surface area contributed by atoms with Gasteiger partial charge in [-0.1, -0.05) is 11.6 Å². The van der Waals surface area contributed by atoms with Crippen LogP contribution in [0.15, 0.2) is 36.5 Å². The first-order valence-corrected chi connectivity index (χ1v) is 5.88. The fraction of sp³-hybridized carbons (Fsp3) is 0.0769. The lowest BCUT2D eigenvalue weighted by Crippen LogP contribution is -2.14. The molecule has 6 heteroatoms. The van der Waals surface area contributed by atoms with Gasteiger partial charge in [0.1, 0.15) is 11.5 Å². The molecule has 0 aliphatic heterocycles. The SMILES string of the molecule is CNc1ccnc(C(=O)Nc2ccc(Cl)c(F)c2)c1. The third-order valence-corrected chi connectivity index (χ3v) is 2.77. The van der Waals surface area contributed by atoms with Gasteiger partial charge in [-0.15, -0.1) is 0 Å². The zero-order valence-corrected chi connectivity index (χ0v) is 10.8. The second-order valence-corrected chi connectivity index (χ2v) is 4.17. The van der Waals surface area contributed by atoms with Crippen LogP contribution in [0.2, 0.25) is 5.02 Å². The van der Waals surface area contributed by atoms with Gasteiger partial charge in [-0.2, -0.15) is 0 Å². The van der Waals surface area contributed by atoms with Crippen LogP contribution in [0.1, 0.15) is 10.5 Å². The number of benzene rings is 1. The van der Waals surface area contributed by atoms with E-state index in [1.165, 1.54) is 18.3 Å². The van der Waals surface area contributed by atoms with Gasteiger partial charge in [-0.25, -0.2) is 4.39 Å². The van der Waals surface area contributed by atoms with Gasteiger partial charge in [0.05, 0.1) is 5.02 Å². The smallest absolute Gasteiger partial charge is 0.274 e. The molecular weight excluding hydrogens is 269 g/mol. The van der Waals surface area contributed by atoms with Crippen LogP contribution in [0.4, 0.5) is 15.8 Å². The summed E-state index contributed by atoms with van der Waals surface area (Å²) in [7, 11) is 1.74. The third kappa shape index (κ3) is 3.20. The number of amides is 1. The van der Waals surface area contributed by atoms with E-state index in [1.54, 1.807) is 19.2 Å². The van der Waals surface area contributed by atoms with Crippen LogP contribution in [0.5, 0.6) is 0 Å². The van der Waals surface area contributed by atoms with E-state index in [2.05, 4.69) is 15.6 Å². The molecule has 0 atom stereocenters. The predicted molar refractivity (Wildman–Crippen MR) is 73.1 cm³/mol. The number of nitrogens with zero attached hydrogens (tertiary/aromatic N) is 1. The van der Waals surface area contributed by atoms with E-state index in [4.69, 9.17) is 11.6 Å². The molecule has 0 bridgehead atoms. The summed E-state index contributed by atoms with van der Waals surface area (Å²) in [5.41, 5.74) is 1.33. The second-order valence-electron chi connectivity index (χ2n) is 3.76. The molecule has 1 aromatic heterocycles. The number of hydrogen-bond acceptors (Lipinski definition) is 3. The van der Waals surface area contributed by atoms with Gasteiger partial charge in [0.25, 0.3) is 5.91 Å². The first kappa shape index (κ1) is 13.3. The molecule has 0 spiro atoms. The lowest BCUT2D eigenvalue weighted by atomic mass is 10.2. The summed E-state index contributed by atoms with van der Waals surface area (Å²) in [6.07, 6.45) is 1.52.